The average molecular weight is 735 g/mol. The van der Waals surface area contributed by atoms with Crippen molar-refractivity contribution < 1.29 is 39.6 Å². The number of carboxylic acids is 2. The Morgan fingerprint density at radius 2 is 1.37 bits per heavy atom. The second kappa shape index (κ2) is 16.8. The first-order chi connectivity index (χ1) is 26.0. The number of aromatic nitrogens is 2. The molecule has 2 atom stereocenters. The number of pyridine rings is 2. The van der Waals surface area contributed by atoms with Gasteiger partial charge in [-0.2, -0.15) is 0 Å². The second-order valence-corrected chi connectivity index (χ2v) is 14.4. The number of aliphatic hydroxyl groups excluding tert-OH is 2. The molecule has 54 heavy (non-hydrogen) atoms. The predicted molar refractivity (Wildman–Crippen MR) is 202 cm³/mol. The first-order valence-electron chi connectivity index (χ1n) is 18.4. The van der Waals surface area contributed by atoms with Gasteiger partial charge in [0.25, 0.3) is 5.91 Å². The zero-order valence-electron chi connectivity index (χ0n) is 30.5. The molecular weight excluding hydrogens is 688 g/mol. The Bertz CT molecular complexity index is 1930. The van der Waals surface area contributed by atoms with Crippen LogP contribution in [0.25, 0.3) is 11.1 Å². The van der Waals surface area contributed by atoms with Crippen molar-refractivity contribution in [2.45, 2.75) is 83.2 Å². The highest BCUT2D eigenvalue weighted by Crippen LogP contribution is 2.43. The number of carboxylic acid groups (broad SMARTS) is 2. The molecular formula is C42H46N4O8. The predicted octanol–water partition coefficient (Wildman–Crippen LogP) is 5.35. The summed E-state index contributed by atoms with van der Waals surface area (Å²) in [5.74, 6) is -2.90. The highest BCUT2D eigenvalue weighted by molar-refractivity contribution is 6.04. The normalized spacial score (nSPS) is 15.0. The fourth-order valence-electron chi connectivity index (χ4n) is 6.95. The van der Waals surface area contributed by atoms with Gasteiger partial charge in [-0.3, -0.25) is 34.5 Å². The molecule has 2 fully saturated rings. The van der Waals surface area contributed by atoms with Gasteiger partial charge in [0.05, 0.1) is 19.1 Å². The number of rotatable bonds is 18. The van der Waals surface area contributed by atoms with Crippen molar-refractivity contribution in [3.63, 3.8) is 0 Å². The van der Waals surface area contributed by atoms with Gasteiger partial charge in [-0.25, -0.2) is 0 Å². The lowest BCUT2D eigenvalue weighted by molar-refractivity contribution is -0.143. The fourth-order valence-corrected chi connectivity index (χ4v) is 6.95. The molecule has 12 nitrogen and oxygen atoms in total. The van der Waals surface area contributed by atoms with Crippen LogP contribution in [-0.4, -0.2) is 73.3 Å². The van der Waals surface area contributed by atoms with Gasteiger partial charge in [-0.1, -0.05) is 30.3 Å². The Kier molecular flexibility index (Phi) is 12.0. The van der Waals surface area contributed by atoms with E-state index in [0.29, 0.717) is 29.6 Å². The Labute approximate surface area is 313 Å². The van der Waals surface area contributed by atoms with Crippen molar-refractivity contribution in [3.8, 4) is 11.1 Å². The molecule has 2 saturated carbocycles. The van der Waals surface area contributed by atoms with Crippen molar-refractivity contribution in [2.24, 2.45) is 5.92 Å². The van der Waals surface area contributed by atoms with Gasteiger partial charge < -0.3 is 25.7 Å². The quantitative estimate of drug-likeness (QED) is 0.0720. The summed E-state index contributed by atoms with van der Waals surface area (Å²) in [7, 11) is 0. The number of benzene rings is 2. The maximum Gasteiger partial charge on any atom is 0.323 e. The first kappa shape index (κ1) is 38.4. The zero-order valence-corrected chi connectivity index (χ0v) is 30.5. The summed E-state index contributed by atoms with van der Waals surface area (Å²) in [6.07, 6.45) is 8.12. The lowest BCUT2D eigenvalue weighted by Gasteiger charge is -2.17. The van der Waals surface area contributed by atoms with Crippen molar-refractivity contribution in [1.82, 2.24) is 15.3 Å². The molecule has 4 aromatic rings. The number of aryl methyl sites for hydroxylation is 1. The molecule has 0 saturated heterocycles. The minimum atomic E-state index is -1.14. The number of hydrogen-bond donors (Lipinski definition) is 6. The number of nitrogens with zero attached hydrogens (tertiary/aromatic N) is 2. The molecule has 2 aliphatic carbocycles. The van der Waals surface area contributed by atoms with E-state index in [1.807, 2.05) is 56.3 Å². The second-order valence-electron chi connectivity index (χ2n) is 14.4. The molecule has 1 amide bonds. The fraction of sp³-hybridized carbons (Fsp3) is 0.381. The lowest BCUT2D eigenvalue weighted by Crippen LogP contribution is -2.39. The monoisotopic (exact) mass is 734 g/mol. The number of nitrogens with one attached hydrogen (secondary N) is 2. The van der Waals surface area contributed by atoms with Gasteiger partial charge in [0.1, 0.15) is 17.4 Å². The van der Waals surface area contributed by atoms with Crippen molar-refractivity contribution in [1.29, 1.82) is 0 Å². The van der Waals surface area contributed by atoms with E-state index in [4.69, 9.17) is 0 Å². The molecule has 2 aromatic heterocycles. The van der Waals surface area contributed by atoms with Crippen LogP contribution in [0.3, 0.4) is 0 Å². The van der Waals surface area contributed by atoms with Gasteiger partial charge in [0.2, 0.25) is 0 Å². The van der Waals surface area contributed by atoms with Gasteiger partial charge in [-0.05, 0) is 132 Å². The minimum absolute atomic E-state index is 0.132. The van der Waals surface area contributed by atoms with Gasteiger partial charge in [0, 0.05) is 31.0 Å². The third-order valence-corrected chi connectivity index (χ3v) is 10.6. The van der Waals surface area contributed by atoms with Gasteiger partial charge >= 0.3 is 11.9 Å². The Morgan fingerprint density at radius 3 is 2.00 bits per heavy atom. The number of anilines is 1. The van der Waals surface area contributed by atoms with Crippen LogP contribution in [-0.2, 0) is 29.0 Å². The van der Waals surface area contributed by atoms with E-state index in [2.05, 4.69) is 20.6 Å². The summed E-state index contributed by atoms with van der Waals surface area (Å²) >= 11 is 0. The lowest BCUT2D eigenvalue weighted by atomic mass is 9.90. The molecule has 0 spiro atoms. The van der Waals surface area contributed by atoms with E-state index in [1.54, 1.807) is 18.5 Å². The maximum atomic E-state index is 13.6. The smallest absolute Gasteiger partial charge is 0.323 e. The Morgan fingerprint density at radius 1 is 0.759 bits per heavy atom. The van der Waals surface area contributed by atoms with Crippen LogP contribution in [0.2, 0.25) is 0 Å². The van der Waals surface area contributed by atoms with Crippen LogP contribution >= 0.6 is 0 Å². The van der Waals surface area contributed by atoms with E-state index in [-0.39, 0.29) is 36.8 Å². The molecule has 6 rings (SSSR count). The number of carbonyl (C=O) groups excluding carboxylic acids is 2. The third-order valence-electron chi connectivity index (χ3n) is 10.6. The molecule has 2 aromatic carbocycles. The molecule has 6 N–H and O–H groups in total. The average Bonchev–Trinajstić information content (AvgIpc) is 4.09. The summed E-state index contributed by atoms with van der Waals surface area (Å²) < 4.78 is 0. The number of aliphatic hydroxyl groups is 2. The molecule has 0 bridgehead atoms. The topological polar surface area (TPSA) is 199 Å². The number of Topliss-reactive ketones (excluding diaryl/α,β-unsaturated/α-hetero) is 1. The van der Waals surface area contributed by atoms with E-state index in [9.17, 15) is 39.6 Å². The Hall–Kier alpha value is -5.30. The summed E-state index contributed by atoms with van der Waals surface area (Å²) in [4.78, 5) is 58.8. The van der Waals surface area contributed by atoms with Crippen LogP contribution in [0.15, 0.2) is 60.9 Å². The van der Waals surface area contributed by atoms with Crippen LogP contribution in [0.5, 0.6) is 0 Å². The summed E-state index contributed by atoms with van der Waals surface area (Å²) in [5.41, 5.74) is 9.43. The molecule has 12 heteroatoms. The molecule has 0 aliphatic heterocycles. The van der Waals surface area contributed by atoms with Gasteiger partial charge in [0.15, 0.2) is 5.78 Å². The highest BCUT2D eigenvalue weighted by Gasteiger charge is 2.30. The van der Waals surface area contributed by atoms with E-state index >= 15 is 0 Å². The minimum Gasteiger partial charge on any atom is -0.481 e. The van der Waals surface area contributed by atoms with E-state index < -0.39 is 37.1 Å². The number of carbonyl (C=O) groups is 4. The standard InChI is InChI=1S/C42H46N4O8/c1-23-27(15-39(49)36-16-34(26-11-12-26)30(19-43-36)20-45-38(22-48)42(53)54)5-3-6-31(23)32-7-4-8-35(24(32)2)46-40(50)37-17-33(25-9-10-25)28(18-44-37)13-14-29(21-47)41(51)52/h3-8,16-19,25-26,29,38,45,47-48H,9-15,20-22H2,1-2H3,(H,46,50)(H,51,52)(H,53,54)/t29-,38-/m0/s1. The van der Waals surface area contributed by atoms with Crippen molar-refractivity contribution >= 4 is 29.3 Å². The number of ketones is 1. The Balaban J connectivity index is 1.17. The van der Waals surface area contributed by atoms with Gasteiger partial charge in [-0.15, -0.1) is 0 Å². The molecule has 0 unspecified atom stereocenters. The van der Waals surface area contributed by atoms with Crippen LogP contribution in [0.1, 0.15) is 104 Å². The van der Waals surface area contributed by atoms with E-state index in [0.717, 1.165) is 75.8 Å². The molecule has 282 valence electrons. The van der Waals surface area contributed by atoms with E-state index in [1.165, 1.54) is 0 Å². The highest BCUT2D eigenvalue weighted by atomic mass is 16.4. The zero-order chi connectivity index (χ0) is 38.5. The third kappa shape index (κ3) is 8.90. The molecule has 0 radical (unpaired) electrons. The summed E-state index contributed by atoms with van der Waals surface area (Å²) in [6.45, 7) is 3.17. The van der Waals surface area contributed by atoms with Crippen LogP contribution in [0, 0.1) is 19.8 Å². The van der Waals surface area contributed by atoms with Crippen molar-refractivity contribution in [2.75, 3.05) is 18.5 Å². The van der Waals surface area contributed by atoms with Crippen LogP contribution < -0.4 is 10.6 Å². The molecule has 2 heterocycles. The van der Waals surface area contributed by atoms with Crippen LogP contribution in [0.4, 0.5) is 5.69 Å². The van der Waals surface area contributed by atoms with Crippen molar-refractivity contribution in [3.05, 3.63) is 111 Å². The summed E-state index contributed by atoms with van der Waals surface area (Å²) in [5, 5.41) is 43.3. The number of amides is 1. The summed E-state index contributed by atoms with van der Waals surface area (Å²) in [6, 6.07) is 14.1. The largest absolute Gasteiger partial charge is 0.481 e. The number of aliphatic carboxylic acids is 2. The SMILES string of the molecule is Cc1c(CC(=O)c2cc(C3CC3)c(CN[C@@H](CO)C(=O)O)cn2)cccc1-c1cccc(NC(=O)c2cc(C3CC3)c(CC[C@@H](CO)C(=O)O)cn2)c1C. The maximum absolute atomic E-state index is 13.6. The number of hydrogen-bond acceptors (Lipinski definition) is 9. The first-order valence-corrected chi connectivity index (χ1v) is 18.4. The molecule has 2 aliphatic rings.